The molecule has 2 atom stereocenters. The maximum atomic E-state index is 10.1. The Kier molecular flexibility index (Phi) is 5.68. The first-order valence-corrected chi connectivity index (χ1v) is 6.25. The lowest BCUT2D eigenvalue weighted by Gasteiger charge is -2.25. The van der Waals surface area contributed by atoms with E-state index in [9.17, 15) is 5.11 Å². The van der Waals surface area contributed by atoms with Gasteiger partial charge in [0, 0.05) is 18.2 Å². The van der Waals surface area contributed by atoms with E-state index in [4.69, 9.17) is 23.1 Å². The topological polar surface area (TPSA) is 69.7 Å². The van der Waals surface area contributed by atoms with Crippen LogP contribution in [0.4, 0.5) is 0 Å². The monoisotopic (exact) mass is 268 g/mol. The number of thiocarbonyl (C=S) groups is 1. The number of hydrogen-bond acceptors (Lipinski definition) is 4. The molecule has 2 unspecified atom stereocenters. The summed E-state index contributed by atoms with van der Waals surface area (Å²) in [6.45, 7) is 2.44. The molecule has 1 aromatic carbocycles. The molecular formula is C13H20N2O2S. The van der Waals surface area contributed by atoms with Crippen LogP contribution in [0, 0.1) is 0 Å². The minimum atomic E-state index is -0.593. The third kappa shape index (κ3) is 4.03. The second kappa shape index (κ2) is 6.80. The van der Waals surface area contributed by atoms with E-state index in [1.807, 2.05) is 31.0 Å². The summed E-state index contributed by atoms with van der Waals surface area (Å²) in [5.74, 6) is 0. The van der Waals surface area contributed by atoms with Crippen molar-refractivity contribution in [3.05, 3.63) is 35.4 Å². The van der Waals surface area contributed by atoms with Gasteiger partial charge in [0.15, 0.2) is 0 Å². The highest BCUT2D eigenvalue weighted by Gasteiger charge is 2.14. The molecule has 18 heavy (non-hydrogen) atoms. The van der Waals surface area contributed by atoms with E-state index in [0.717, 1.165) is 11.1 Å². The van der Waals surface area contributed by atoms with Crippen molar-refractivity contribution in [2.24, 2.45) is 5.73 Å². The van der Waals surface area contributed by atoms with E-state index in [2.05, 4.69) is 0 Å². The highest BCUT2D eigenvalue weighted by molar-refractivity contribution is 7.80. The lowest BCUT2D eigenvalue weighted by molar-refractivity contribution is 0.0862. The van der Waals surface area contributed by atoms with Crippen molar-refractivity contribution < 1.29 is 10.2 Å². The van der Waals surface area contributed by atoms with Gasteiger partial charge in [-0.15, -0.1) is 0 Å². The molecule has 100 valence electrons. The summed E-state index contributed by atoms with van der Waals surface area (Å²) in [4.78, 5) is 2.26. The molecule has 4 nitrogen and oxygen atoms in total. The summed E-state index contributed by atoms with van der Waals surface area (Å²) in [5.41, 5.74) is 7.11. The molecule has 0 fully saturated rings. The summed E-state index contributed by atoms with van der Waals surface area (Å²) in [6, 6.07) is 7.26. The van der Waals surface area contributed by atoms with Crippen molar-refractivity contribution in [1.29, 1.82) is 0 Å². The predicted molar refractivity (Wildman–Crippen MR) is 76.5 cm³/mol. The first kappa shape index (κ1) is 15.0. The Labute approximate surface area is 113 Å². The molecule has 0 heterocycles. The second-order valence-electron chi connectivity index (χ2n) is 4.47. The fourth-order valence-corrected chi connectivity index (χ4v) is 1.70. The summed E-state index contributed by atoms with van der Waals surface area (Å²) in [7, 11) is 1.87. The van der Waals surface area contributed by atoms with Crippen LogP contribution in [-0.2, 0) is 0 Å². The van der Waals surface area contributed by atoms with Gasteiger partial charge in [-0.25, -0.2) is 0 Å². The molecule has 4 N–H and O–H groups in total. The molecule has 0 spiro atoms. The SMILES string of the molecule is CC(CO)N(C)CC(O)c1ccc(C(N)=S)cc1. The Balaban J connectivity index is 2.66. The number of nitrogens with two attached hydrogens (primary N) is 1. The molecule has 0 aliphatic heterocycles. The third-order valence-corrected chi connectivity index (χ3v) is 3.29. The third-order valence-electron chi connectivity index (χ3n) is 3.06. The Hall–Kier alpha value is -1.01. The number of hydrogen-bond donors (Lipinski definition) is 3. The molecule has 0 saturated heterocycles. The quantitative estimate of drug-likeness (QED) is 0.662. The zero-order valence-electron chi connectivity index (χ0n) is 10.7. The zero-order chi connectivity index (χ0) is 13.7. The van der Waals surface area contributed by atoms with Gasteiger partial charge >= 0.3 is 0 Å². The van der Waals surface area contributed by atoms with Gasteiger partial charge in [0.2, 0.25) is 0 Å². The number of nitrogens with zero attached hydrogens (tertiary/aromatic N) is 1. The van der Waals surface area contributed by atoms with Crippen LogP contribution in [0.1, 0.15) is 24.2 Å². The first-order valence-electron chi connectivity index (χ1n) is 5.84. The van der Waals surface area contributed by atoms with Crippen LogP contribution in [-0.4, -0.2) is 46.3 Å². The number of aliphatic hydroxyl groups excluding tert-OH is 2. The number of rotatable bonds is 6. The molecule has 0 bridgehead atoms. The van der Waals surface area contributed by atoms with E-state index in [1.165, 1.54) is 0 Å². The van der Waals surface area contributed by atoms with Crippen molar-refractivity contribution in [3.63, 3.8) is 0 Å². The van der Waals surface area contributed by atoms with Crippen LogP contribution in [0.15, 0.2) is 24.3 Å². The number of likely N-dealkylation sites (N-methyl/N-ethyl adjacent to an activating group) is 1. The van der Waals surface area contributed by atoms with Crippen LogP contribution in [0.2, 0.25) is 0 Å². The van der Waals surface area contributed by atoms with Gasteiger partial charge < -0.3 is 15.9 Å². The Morgan fingerprint density at radius 1 is 1.39 bits per heavy atom. The highest BCUT2D eigenvalue weighted by Crippen LogP contribution is 2.15. The average molecular weight is 268 g/mol. The number of benzene rings is 1. The van der Waals surface area contributed by atoms with Gasteiger partial charge in [0.1, 0.15) is 4.99 Å². The minimum absolute atomic E-state index is 0.0237. The van der Waals surface area contributed by atoms with E-state index < -0.39 is 6.10 Å². The molecule has 0 aliphatic carbocycles. The molecule has 0 aliphatic rings. The van der Waals surface area contributed by atoms with Crippen LogP contribution < -0.4 is 5.73 Å². The molecule has 1 aromatic rings. The first-order chi connectivity index (χ1) is 8.45. The summed E-state index contributed by atoms with van der Waals surface area (Å²) < 4.78 is 0. The van der Waals surface area contributed by atoms with Gasteiger partial charge in [0.25, 0.3) is 0 Å². The smallest absolute Gasteiger partial charge is 0.103 e. The Morgan fingerprint density at radius 2 is 1.94 bits per heavy atom. The van der Waals surface area contributed by atoms with E-state index in [0.29, 0.717) is 11.5 Å². The summed E-state index contributed by atoms with van der Waals surface area (Å²) in [6.07, 6.45) is -0.593. The van der Waals surface area contributed by atoms with E-state index in [-0.39, 0.29) is 12.6 Å². The predicted octanol–water partition coefficient (Wildman–Crippen LogP) is 0.667. The highest BCUT2D eigenvalue weighted by atomic mass is 32.1. The molecule has 0 amide bonds. The van der Waals surface area contributed by atoms with Crippen LogP contribution in [0.5, 0.6) is 0 Å². The molecule has 5 heteroatoms. The van der Waals surface area contributed by atoms with E-state index >= 15 is 0 Å². The van der Waals surface area contributed by atoms with Crippen molar-refractivity contribution in [2.45, 2.75) is 19.1 Å². The van der Waals surface area contributed by atoms with Crippen LogP contribution >= 0.6 is 12.2 Å². The van der Waals surface area contributed by atoms with E-state index in [1.54, 1.807) is 12.1 Å². The lowest BCUT2D eigenvalue weighted by atomic mass is 10.1. The largest absolute Gasteiger partial charge is 0.395 e. The van der Waals surface area contributed by atoms with Gasteiger partial charge in [-0.1, -0.05) is 36.5 Å². The standard InChI is InChI=1S/C13H20N2O2S/c1-9(8-16)15(2)7-12(17)10-3-5-11(6-4-10)13(14)18/h3-6,9,12,16-17H,7-8H2,1-2H3,(H2,14,18). The minimum Gasteiger partial charge on any atom is -0.395 e. The Bertz CT molecular complexity index is 394. The van der Waals surface area contributed by atoms with Crippen molar-refractivity contribution in [3.8, 4) is 0 Å². The average Bonchev–Trinajstić information content (AvgIpc) is 2.37. The molecule has 0 saturated carbocycles. The fourth-order valence-electron chi connectivity index (χ4n) is 1.57. The zero-order valence-corrected chi connectivity index (χ0v) is 11.5. The van der Waals surface area contributed by atoms with Gasteiger partial charge in [-0.3, -0.25) is 4.90 Å². The lowest BCUT2D eigenvalue weighted by Crippen LogP contribution is -2.35. The maximum Gasteiger partial charge on any atom is 0.103 e. The molecule has 0 aromatic heterocycles. The summed E-state index contributed by atoms with van der Waals surface area (Å²) >= 11 is 4.87. The molecule has 0 radical (unpaired) electrons. The molecule has 1 rings (SSSR count). The van der Waals surface area contributed by atoms with Crippen molar-refractivity contribution in [1.82, 2.24) is 4.90 Å². The van der Waals surface area contributed by atoms with Gasteiger partial charge in [0.05, 0.1) is 12.7 Å². The second-order valence-corrected chi connectivity index (χ2v) is 4.91. The molecular weight excluding hydrogens is 248 g/mol. The van der Waals surface area contributed by atoms with Crippen LogP contribution in [0.3, 0.4) is 0 Å². The van der Waals surface area contributed by atoms with Gasteiger partial charge in [-0.2, -0.15) is 0 Å². The maximum absolute atomic E-state index is 10.1. The van der Waals surface area contributed by atoms with Gasteiger partial charge in [-0.05, 0) is 19.5 Å². The summed E-state index contributed by atoms with van der Waals surface area (Å²) in [5, 5.41) is 19.1. The fraction of sp³-hybridized carbons (Fsp3) is 0.462. The van der Waals surface area contributed by atoms with Crippen molar-refractivity contribution >= 4 is 17.2 Å². The Morgan fingerprint density at radius 3 is 2.39 bits per heavy atom. The number of aliphatic hydroxyl groups is 2. The normalized spacial score (nSPS) is 14.5. The van der Waals surface area contributed by atoms with Crippen LogP contribution in [0.25, 0.3) is 0 Å². The van der Waals surface area contributed by atoms with Crippen molar-refractivity contribution in [2.75, 3.05) is 20.2 Å².